The van der Waals surface area contributed by atoms with Crippen LogP contribution in [0, 0.1) is 5.82 Å². The second-order valence-electron chi connectivity index (χ2n) is 3.67. The molecule has 1 aromatic carbocycles. The van der Waals surface area contributed by atoms with E-state index in [0.29, 0.717) is 6.07 Å². The number of H-pyrrole nitrogens is 1. The topological polar surface area (TPSA) is 84.7 Å². The maximum Gasteiger partial charge on any atom is 0.419 e. The van der Waals surface area contributed by atoms with Gasteiger partial charge in [-0.1, -0.05) is 0 Å². The molecule has 0 aliphatic carbocycles. The van der Waals surface area contributed by atoms with E-state index in [9.17, 15) is 22.4 Å². The molecule has 0 aliphatic rings. The molecule has 0 aliphatic heterocycles. The minimum absolute atomic E-state index is 0.0144. The monoisotopic (exact) mass is 352 g/mol. The number of nitrogens with two attached hydrogens (primary N) is 1. The van der Waals surface area contributed by atoms with E-state index >= 15 is 0 Å². The Balaban J connectivity index is 2.74. The minimum Gasteiger partial charge on any atom is -0.364 e. The molecule has 2 rings (SSSR count). The summed E-state index contributed by atoms with van der Waals surface area (Å²) in [6.45, 7) is 0. The summed E-state index contributed by atoms with van der Waals surface area (Å²) in [4.78, 5) is 11.1. The molecule has 2 aromatic rings. The highest BCUT2D eigenvalue weighted by atomic mass is 79.9. The average molecular weight is 353 g/mol. The van der Waals surface area contributed by atoms with E-state index in [0.717, 1.165) is 6.07 Å². The zero-order chi connectivity index (χ0) is 15.1. The van der Waals surface area contributed by atoms with Gasteiger partial charge in [-0.2, -0.15) is 28.6 Å². The standard InChI is InChI=1S/C10H5BrF4N4O/c11-4-2-1-3(10(13,14)15)6(12)5(4)7-8(9(16)20)18-19-17-7/h1-2H,(H2,16,20)(H,17,18,19). The number of hydrogen-bond donors (Lipinski definition) is 2. The van der Waals surface area contributed by atoms with E-state index in [4.69, 9.17) is 5.73 Å². The van der Waals surface area contributed by atoms with E-state index in [1.807, 2.05) is 5.21 Å². The predicted octanol–water partition coefficient (Wildman–Crippen LogP) is 2.49. The molecule has 0 saturated heterocycles. The third-order valence-corrected chi connectivity index (χ3v) is 3.08. The molecule has 0 fully saturated rings. The van der Waals surface area contributed by atoms with Gasteiger partial charge in [-0.25, -0.2) is 4.39 Å². The number of halogens is 5. The van der Waals surface area contributed by atoms with Crippen molar-refractivity contribution >= 4 is 21.8 Å². The molecule has 0 unspecified atom stereocenters. The van der Waals surface area contributed by atoms with Gasteiger partial charge in [-0.15, -0.1) is 0 Å². The Hall–Kier alpha value is -1.97. The van der Waals surface area contributed by atoms with Crippen LogP contribution < -0.4 is 5.73 Å². The van der Waals surface area contributed by atoms with Gasteiger partial charge in [-0.05, 0) is 28.1 Å². The Morgan fingerprint density at radius 3 is 2.50 bits per heavy atom. The van der Waals surface area contributed by atoms with Crippen molar-refractivity contribution in [2.45, 2.75) is 6.18 Å². The molecular formula is C10H5BrF4N4O. The molecule has 0 radical (unpaired) electrons. The molecular weight excluding hydrogens is 348 g/mol. The van der Waals surface area contributed by atoms with Crippen LogP contribution in [-0.4, -0.2) is 21.3 Å². The lowest BCUT2D eigenvalue weighted by Crippen LogP contribution is -2.14. The third kappa shape index (κ3) is 2.38. The first-order valence-corrected chi connectivity index (χ1v) is 5.79. The molecule has 1 aromatic heterocycles. The summed E-state index contributed by atoms with van der Waals surface area (Å²) >= 11 is 2.91. The fraction of sp³-hybridized carbons (Fsp3) is 0.100. The quantitative estimate of drug-likeness (QED) is 0.814. The highest BCUT2D eigenvalue weighted by Gasteiger charge is 2.36. The molecule has 20 heavy (non-hydrogen) atoms. The van der Waals surface area contributed by atoms with Gasteiger partial charge in [0.1, 0.15) is 11.5 Å². The van der Waals surface area contributed by atoms with Crippen LogP contribution in [0.4, 0.5) is 17.6 Å². The zero-order valence-electron chi connectivity index (χ0n) is 9.42. The van der Waals surface area contributed by atoms with Crippen LogP contribution in [0.5, 0.6) is 0 Å². The van der Waals surface area contributed by atoms with Crippen molar-refractivity contribution in [2.24, 2.45) is 5.73 Å². The van der Waals surface area contributed by atoms with Gasteiger partial charge in [0.05, 0.1) is 11.1 Å². The maximum atomic E-state index is 14.1. The number of aromatic amines is 1. The molecule has 0 saturated carbocycles. The Kier molecular flexibility index (Phi) is 3.50. The Morgan fingerprint density at radius 1 is 1.30 bits per heavy atom. The van der Waals surface area contributed by atoms with Crippen molar-refractivity contribution in [3.8, 4) is 11.3 Å². The largest absolute Gasteiger partial charge is 0.419 e. The fourth-order valence-electron chi connectivity index (χ4n) is 1.57. The van der Waals surface area contributed by atoms with Crippen molar-refractivity contribution in [1.29, 1.82) is 0 Å². The number of alkyl halides is 3. The third-order valence-electron chi connectivity index (χ3n) is 2.41. The molecule has 10 heteroatoms. The summed E-state index contributed by atoms with van der Waals surface area (Å²) in [5.74, 6) is -2.61. The van der Waals surface area contributed by atoms with Crippen LogP contribution in [0.25, 0.3) is 11.3 Å². The fourth-order valence-corrected chi connectivity index (χ4v) is 2.06. The predicted molar refractivity (Wildman–Crippen MR) is 63.0 cm³/mol. The normalized spacial score (nSPS) is 11.7. The molecule has 3 N–H and O–H groups in total. The number of carbonyl (C=O) groups is 1. The smallest absolute Gasteiger partial charge is 0.364 e. The van der Waals surface area contributed by atoms with Crippen molar-refractivity contribution in [2.75, 3.05) is 0 Å². The number of rotatable bonds is 2. The molecule has 0 atom stereocenters. The Labute approximate surface area is 117 Å². The summed E-state index contributed by atoms with van der Waals surface area (Å²) in [6.07, 6.45) is -4.88. The molecule has 1 heterocycles. The van der Waals surface area contributed by atoms with Crippen molar-refractivity contribution in [3.05, 3.63) is 33.7 Å². The summed E-state index contributed by atoms with van der Waals surface area (Å²) < 4.78 is 52.0. The highest BCUT2D eigenvalue weighted by Crippen LogP contribution is 2.39. The van der Waals surface area contributed by atoms with E-state index in [2.05, 4.69) is 26.1 Å². The number of benzene rings is 1. The lowest BCUT2D eigenvalue weighted by Gasteiger charge is -2.11. The first kappa shape index (κ1) is 14.4. The number of nitrogens with zero attached hydrogens (tertiary/aromatic N) is 2. The summed E-state index contributed by atoms with van der Waals surface area (Å²) in [5, 5.41) is 8.89. The lowest BCUT2D eigenvalue weighted by molar-refractivity contribution is -0.139. The Bertz CT molecular complexity index is 682. The van der Waals surface area contributed by atoms with Crippen molar-refractivity contribution in [3.63, 3.8) is 0 Å². The van der Waals surface area contributed by atoms with E-state index < -0.39 is 40.4 Å². The van der Waals surface area contributed by atoms with Crippen LogP contribution in [0.1, 0.15) is 16.1 Å². The average Bonchev–Trinajstić information content (AvgIpc) is 2.76. The van der Waals surface area contributed by atoms with Crippen LogP contribution in [0.3, 0.4) is 0 Å². The van der Waals surface area contributed by atoms with E-state index in [1.165, 1.54) is 0 Å². The molecule has 106 valence electrons. The molecule has 5 nitrogen and oxygen atoms in total. The first-order chi connectivity index (χ1) is 9.23. The summed E-state index contributed by atoms with van der Waals surface area (Å²) in [6, 6.07) is 1.58. The van der Waals surface area contributed by atoms with Gasteiger partial charge in [0.15, 0.2) is 5.69 Å². The summed E-state index contributed by atoms with van der Waals surface area (Å²) in [5.41, 5.74) is 2.13. The van der Waals surface area contributed by atoms with Gasteiger partial charge in [0.2, 0.25) is 0 Å². The number of carbonyl (C=O) groups excluding carboxylic acids is 1. The van der Waals surface area contributed by atoms with E-state index in [1.54, 1.807) is 0 Å². The van der Waals surface area contributed by atoms with Crippen molar-refractivity contribution < 1.29 is 22.4 Å². The number of hydrogen-bond acceptors (Lipinski definition) is 3. The lowest BCUT2D eigenvalue weighted by atomic mass is 10.0. The number of nitrogens with one attached hydrogen (secondary N) is 1. The summed E-state index contributed by atoms with van der Waals surface area (Å²) in [7, 11) is 0. The first-order valence-electron chi connectivity index (χ1n) is 4.99. The minimum atomic E-state index is -4.88. The van der Waals surface area contributed by atoms with Gasteiger partial charge < -0.3 is 5.73 Å². The second kappa shape index (κ2) is 4.85. The Morgan fingerprint density at radius 2 is 1.95 bits per heavy atom. The molecule has 0 bridgehead atoms. The number of primary amides is 1. The van der Waals surface area contributed by atoms with Gasteiger partial charge in [0, 0.05) is 4.47 Å². The van der Waals surface area contributed by atoms with Crippen LogP contribution >= 0.6 is 15.9 Å². The van der Waals surface area contributed by atoms with Gasteiger partial charge >= 0.3 is 6.18 Å². The number of aromatic nitrogens is 3. The zero-order valence-corrected chi connectivity index (χ0v) is 11.0. The van der Waals surface area contributed by atoms with E-state index in [-0.39, 0.29) is 4.47 Å². The van der Waals surface area contributed by atoms with Gasteiger partial charge in [-0.3, -0.25) is 4.79 Å². The van der Waals surface area contributed by atoms with Gasteiger partial charge in [0.25, 0.3) is 5.91 Å². The number of amides is 1. The van der Waals surface area contributed by atoms with Crippen molar-refractivity contribution in [1.82, 2.24) is 15.4 Å². The molecule has 0 spiro atoms. The van der Waals surface area contributed by atoms with Crippen LogP contribution in [0.15, 0.2) is 16.6 Å². The molecule has 1 amide bonds. The SMILES string of the molecule is NC(=O)c1n[nH]nc1-c1c(Br)ccc(C(F)(F)F)c1F. The van der Waals surface area contributed by atoms with Crippen LogP contribution in [-0.2, 0) is 6.18 Å². The van der Waals surface area contributed by atoms with Crippen LogP contribution in [0.2, 0.25) is 0 Å². The maximum absolute atomic E-state index is 14.1. The second-order valence-corrected chi connectivity index (χ2v) is 4.52. The highest BCUT2D eigenvalue weighted by molar-refractivity contribution is 9.10.